The molecule has 17 heavy (non-hydrogen) atoms. The summed E-state index contributed by atoms with van der Waals surface area (Å²) >= 11 is 0. The summed E-state index contributed by atoms with van der Waals surface area (Å²) in [4.78, 5) is 0. The molecule has 0 saturated heterocycles. The van der Waals surface area contributed by atoms with Crippen LogP contribution in [0.3, 0.4) is 0 Å². The summed E-state index contributed by atoms with van der Waals surface area (Å²) in [6.45, 7) is 9.30. The van der Waals surface area contributed by atoms with Crippen LogP contribution in [0.2, 0.25) is 0 Å². The van der Waals surface area contributed by atoms with Crippen LogP contribution in [0.1, 0.15) is 32.9 Å². The van der Waals surface area contributed by atoms with Gasteiger partial charge in [-0.2, -0.15) is 5.10 Å². The Morgan fingerprint density at radius 2 is 2.12 bits per heavy atom. The summed E-state index contributed by atoms with van der Waals surface area (Å²) in [5.74, 6) is 1.05. The molecular formula is C12H24N4O. The quantitative estimate of drug-likeness (QED) is 0.706. The zero-order valence-corrected chi connectivity index (χ0v) is 11.2. The summed E-state index contributed by atoms with van der Waals surface area (Å²) < 4.78 is 1.87. The molecule has 1 rings (SSSR count). The second kappa shape index (κ2) is 5.91. The number of aliphatic hydroxyl groups is 1. The maximum Gasteiger partial charge on any atom is 0.148 e. The van der Waals surface area contributed by atoms with Crippen LogP contribution in [0, 0.1) is 12.8 Å². The molecule has 0 fully saturated rings. The molecule has 0 aliphatic heterocycles. The predicted octanol–water partition coefficient (Wildman–Crippen LogP) is 1.61. The molecule has 0 aromatic carbocycles. The Morgan fingerprint density at radius 1 is 1.47 bits per heavy atom. The second-order valence-corrected chi connectivity index (χ2v) is 4.76. The van der Waals surface area contributed by atoms with Gasteiger partial charge in [0.2, 0.25) is 0 Å². The first-order valence-corrected chi connectivity index (χ1v) is 6.22. The number of aliphatic hydroxyl groups excluding tert-OH is 1. The summed E-state index contributed by atoms with van der Waals surface area (Å²) in [5.41, 5.74) is 7.48. The van der Waals surface area contributed by atoms with E-state index >= 15 is 0 Å². The number of hydrogen-bond acceptors (Lipinski definition) is 4. The highest BCUT2D eigenvalue weighted by Gasteiger charge is 2.14. The van der Waals surface area contributed by atoms with Gasteiger partial charge in [-0.15, -0.1) is 0 Å². The summed E-state index contributed by atoms with van der Waals surface area (Å²) in [6, 6.07) is 0. The molecule has 0 aliphatic rings. The van der Waals surface area contributed by atoms with Crippen LogP contribution in [-0.4, -0.2) is 27.5 Å². The molecule has 1 heterocycles. The number of hydrogen-bond donors (Lipinski definition) is 3. The lowest BCUT2D eigenvalue weighted by Gasteiger charge is -2.17. The number of nitrogens with two attached hydrogens (primary N) is 1. The molecule has 5 heteroatoms. The Bertz CT molecular complexity index is 360. The van der Waals surface area contributed by atoms with E-state index in [1.807, 2.05) is 25.5 Å². The molecule has 0 amide bonds. The molecule has 0 bridgehead atoms. The van der Waals surface area contributed by atoms with E-state index < -0.39 is 0 Å². The van der Waals surface area contributed by atoms with E-state index in [-0.39, 0.29) is 12.0 Å². The van der Waals surface area contributed by atoms with Crippen molar-refractivity contribution in [2.75, 3.05) is 17.6 Å². The molecule has 5 nitrogen and oxygen atoms in total. The van der Waals surface area contributed by atoms with Gasteiger partial charge in [-0.05, 0) is 19.3 Å². The number of anilines is 2. The van der Waals surface area contributed by atoms with E-state index in [0.29, 0.717) is 12.2 Å². The van der Waals surface area contributed by atoms with Crippen LogP contribution in [0.25, 0.3) is 0 Å². The van der Waals surface area contributed by atoms with Crippen molar-refractivity contribution in [1.29, 1.82) is 0 Å². The lowest BCUT2D eigenvalue weighted by molar-refractivity contribution is 0.137. The van der Waals surface area contributed by atoms with Crippen LogP contribution >= 0.6 is 0 Å². The third-order valence-electron chi connectivity index (χ3n) is 2.86. The monoisotopic (exact) mass is 240 g/mol. The van der Waals surface area contributed by atoms with Crippen molar-refractivity contribution in [3.63, 3.8) is 0 Å². The maximum atomic E-state index is 9.77. The van der Waals surface area contributed by atoms with Crippen molar-refractivity contribution in [2.45, 2.75) is 46.8 Å². The van der Waals surface area contributed by atoms with E-state index in [9.17, 15) is 5.11 Å². The van der Waals surface area contributed by atoms with Crippen LogP contribution in [-0.2, 0) is 6.54 Å². The van der Waals surface area contributed by atoms with Crippen molar-refractivity contribution in [2.24, 2.45) is 5.92 Å². The molecule has 1 aromatic rings. The minimum absolute atomic E-state index is 0.229. The predicted molar refractivity (Wildman–Crippen MR) is 71.0 cm³/mol. The van der Waals surface area contributed by atoms with Crippen molar-refractivity contribution >= 4 is 11.5 Å². The van der Waals surface area contributed by atoms with Crippen molar-refractivity contribution < 1.29 is 5.11 Å². The first-order chi connectivity index (χ1) is 7.97. The molecule has 0 saturated carbocycles. The van der Waals surface area contributed by atoms with E-state index in [2.05, 4.69) is 17.3 Å². The van der Waals surface area contributed by atoms with E-state index in [4.69, 9.17) is 5.73 Å². The number of nitrogen functional groups attached to an aromatic ring is 1. The highest BCUT2D eigenvalue weighted by atomic mass is 16.3. The minimum Gasteiger partial charge on any atom is -0.394 e. The Balaban J connectivity index is 2.75. The lowest BCUT2D eigenvalue weighted by Crippen LogP contribution is -2.26. The largest absolute Gasteiger partial charge is 0.394 e. The number of aryl methyl sites for hydroxylation is 2. The van der Waals surface area contributed by atoms with Crippen LogP contribution < -0.4 is 11.1 Å². The smallest absolute Gasteiger partial charge is 0.148 e. The van der Waals surface area contributed by atoms with E-state index in [1.54, 1.807) is 0 Å². The summed E-state index contributed by atoms with van der Waals surface area (Å²) in [7, 11) is 0. The molecule has 0 radical (unpaired) electrons. The second-order valence-electron chi connectivity index (χ2n) is 4.76. The van der Waals surface area contributed by atoms with Crippen LogP contribution in [0.5, 0.6) is 0 Å². The molecule has 98 valence electrons. The molecule has 1 atom stereocenters. The Kier molecular flexibility index (Phi) is 4.81. The third kappa shape index (κ3) is 3.36. The molecular weight excluding hydrogens is 216 g/mol. The SMILES string of the molecule is CCCn1nc(C)c(N)c1NCC(O)C(C)C. The highest BCUT2D eigenvalue weighted by molar-refractivity contribution is 5.64. The summed E-state index contributed by atoms with van der Waals surface area (Å²) in [5, 5.41) is 17.3. The van der Waals surface area contributed by atoms with Gasteiger partial charge in [-0.25, -0.2) is 4.68 Å². The standard InChI is InChI=1S/C12H24N4O/c1-5-6-16-12(11(13)9(4)15-16)14-7-10(17)8(2)3/h8,10,14,17H,5-7,13H2,1-4H3. The maximum absolute atomic E-state index is 9.77. The van der Waals surface area contributed by atoms with Crippen LogP contribution in [0.15, 0.2) is 0 Å². The first-order valence-electron chi connectivity index (χ1n) is 6.22. The van der Waals surface area contributed by atoms with Gasteiger partial charge in [0.15, 0.2) is 0 Å². The fraction of sp³-hybridized carbons (Fsp3) is 0.750. The van der Waals surface area contributed by atoms with Gasteiger partial charge in [-0.1, -0.05) is 20.8 Å². The Hall–Kier alpha value is -1.23. The molecule has 1 aromatic heterocycles. The van der Waals surface area contributed by atoms with Crippen molar-refractivity contribution in [1.82, 2.24) is 9.78 Å². The molecule has 0 aliphatic carbocycles. The van der Waals surface area contributed by atoms with E-state index in [0.717, 1.165) is 24.5 Å². The average molecular weight is 240 g/mol. The number of aromatic nitrogens is 2. The molecule has 0 spiro atoms. The Labute approximate surface area is 103 Å². The van der Waals surface area contributed by atoms with Gasteiger partial charge in [-0.3, -0.25) is 0 Å². The number of rotatable bonds is 6. The number of nitrogens with one attached hydrogen (secondary N) is 1. The normalized spacial score (nSPS) is 13.1. The zero-order chi connectivity index (χ0) is 13.0. The van der Waals surface area contributed by atoms with Crippen molar-refractivity contribution in [3.8, 4) is 0 Å². The van der Waals surface area contributed by atoms with Gasteiger partial charge in [0.05, 0.1) is 17.5 Å². The van der Waals surface area contributed by atoms with Gasteiger partial charge in [0.1, 0.15) is 5.82 Å². The van der Waals surface area contributed by atoms with Crippen molar-refractivity contribution in [3.05, 3.63) is 5.69 Å². The average Bonchev–Trinajstić information content (AvgIpc) is 2.52. The zero-order valence-electron chi connectivity index (χ0n) is 11.2. The minimum atomic E-state index is -0.375. The number of nitrogens with zero attached hydrogens (tertiary/aromatic N) is 2. The fourth-order valence-corrected chi connectivity index (χ4v) is 1.59. The van der Waals surface area contributed by atoms with Gasteiger partial charge >= 0.3 is 0 Å². The topological polar surface area (TPSA) is 76.1 Å². The Morgan fingerprint density at radius 3 is 2.65 bits per heavy atom. The lowest BCUT2D eigenvalue weighted by atomic mass is 10.1. The third-order valence-corrected chi connectivity index (χ3v) is 2.86. The fourth-order valence-electron chi connectivity index (χ4n) is 1.59. The molecule has 4 N–H and O–H groups in total. The van der Waals surface area contributed by atoms with Gasteiger partial charge in [0, 0.05) is 13.1 Å². The van der Waals surface area contributed by atoms with Crippen LogP contribution in [0.4, 0.5) is 11.5 Å². The first kappa shape index (κ1) is 13.8. The molecule has 1 unspecified atom stereocenters. The highest BCUT2D eigenvalue weighted by Crippen LogP contribution is 2.22. The van der Waals surface area contributed by atoms with Gasteiger partial charge < -0.3 is 16.2 Å². The van der Waals surface area contributed by atoms with Gasteiger partial charge in [0.25, 0.3) is 0 Å². The van der Waals surface area contributed by atoms with E-state index in [1.165, 1.54) is 0 Å². The summed E-state index contributed by atoms with van der Waals surface area (Å²) in [6.07, 6.45) is 0.627.